The van der Waals surface area contributed by atoms with Gasteiger partial charge in [0.2, 0.25) is 11.8 Å². The van der Waals surface area contributed by atoms with Crippen molar-refractivity contribution in [2.45, 2.75) is 57.7 Å². The lowest BCUT2D eigenvalue weighted by atomic mass is 9.80. The Balaban J connectivity index is 1.12. The van der Waals surface area contributed by atoms with Crippen LogP contribution in [0.5, 0.6) is 5.75 Å². The first-order valence-corrected chi connectivity index (χ1v) is 16.8. The average Bonchev–Trinajstić information content (AvgIpc) is 3.83. The van der Waals surface area contributed by atoms with Crippen molar-refractivity contribution < 1.29 is 27.6 Å². The number of amides is 2. The second-order valence-corrected chi connectivity index (χ2v) is 13.0. The highest BCUT2D eigenvalue weighted by Crippen LogP contribution is 2.38. The molecule has 4 aromatic rings. The van der Waals surface area contributed by atoms with Gasteiger partial charge >= 0.3 is 0 Å². The lowest BCUT2D eigenvalue weighted by Gasteiger charge is -2.36. The van der Waals surface area contributed by atoms with Crippen molar-refractivity contribution in [3.8, 4) is 17.0 Å². The van der Waals surface area contributed by atoms with Gasteiger partial charge in [0.25, 0.3) is 0 Å². The van der Waals surface area contributed by atoms with Crippen molar-refractivity contribution in [1.82, 2.24) is 20.7 Å². The van der Waals surface area contributed by atoms with E-state index in [4.69, 9.17) is 32.5 Å². The Kier molecular flexibility index (Phi) is 10.6. The second kappa shape index (κ2) is 15.1. The molecule has 252 valence electrons. The number of hydrogen-bond donors (Lipinski definition) is 2. The van der Waals surface area contributed by atoms with Gasteiger partial charge in [-0.3, -0.25) is 9.59 Å². The van der Waals surface area contributed by atoms with Gasteiger partial charge in [-0.25, -0.2) is 8.78 Å². The minimum absolute atomic E-state index is 0.0105. The van der Waals surface area contributed by atoms with Crippen LogP contribution in [0.4, 0.5) is 8.78 Å². The molecule has 48 heavy (non-hydrogen) atoms. The topological polar surface area (TPSA) is 96.7 Å². The maximum absolute atomic E-state index is 14.3. The highest BCUT2D eigenvalue weighted by Gasteiger charge is 2.40. The number of piperidine rings is 1. The number of nitrogens with one attached hydrogen (secondary N) is 2. The zero-order valence-electron chi connectivity index (χ0n) is 26.4. The lowest BCUT2D eigenvalue weighted by molar-refractivity contribution is -0.138. The molecule has 1 saturated carbocycles. The van der Waals surface area contributed by atoms with E-state index in [1.807, 2.05) is 48.2 Å². The summed E-state index contributed by atoms with van der Waals surface area (Å²) in [5, 5.41) is 10.3. The van der Waals surface area contributed by atoms with Gasteiger partial charge in [-0.1, -0.05) is 52.6 Å². The SMILES string of the molecule is CCNC(=O)Cc1ccc(Cl)c(CN(C(=O)[C@H]2CNCC[C@@H]2c2ccc(OCc3cc(-c4c(F)ccc(F)c4Cl)no3)cc2)C2CC2)c1. The summed E-state index contributed by atoms with van der Waals surface area (Å²) in [6, 6.07) is 16.8. The quantitative estimate of drug-likeness (QED) is 0.154. The molecule has 0 bridgehead atoms. The molecule has 0 unspecified atom stereocenters. The first kappa shape index (κ1) is 33.9. The fourth-order valence-electron chi connectivity index (χ4n) is 6.22. The van der Waals surface area contributed by atoms with Crippen LogP contribution >= 0.6 is 23.2 Å². The number of hydrogen-bond acceptors (Lipinski definition) is 6. The standard InChI is InChI=1S/C36H36Cl2F2N4O4/c1-2-42-33(45)16-21-3-10-29(37)23(15-21)19-44(24-6-7-24)36(46)28-18-41-14-13-27(28)22-4-8-25(9-5-22)47-20-26-17-32(43-48-26)34-30(39)11-12-31(40)35(34)38/h3-5,8-12,15,17,24,27-28,41H,2,6-7,13-14,16,18-20H2,1H3,(H,42,45)/t27-,28+/m1/s1. The molecule has 12 heteroatoms. The lowest BCUT2D eigenvalue weighted by Crippen LogP contribution is -2.47. The van der Waals surface area contributed by atoms with Crippen LogP contribution in [0.2, 0.25) is 10.0 Å². The van der Waals surface area contributed by atoms with E-state index >= 15 is 0 Å². The summed E-state index contributed by atoms with van der Waals surface area (Å²) in [5.41, 5.74) is 2.64. The number of aromatic nitrogens is 1. The van der Waals surface area contributed by atoms with Crippen molar-refractivity contribution in [3.63, 3.8) is 0 Å². The fraction of sp³-hybridized carbons (Fsp3) is 0.361. The minimum Gasteiger partial charge on any atom is -0.486 e. The maximum Gasteiger partial charge on any atom is 0.228 e. The van der Waals surface area contributed by atoms with E-state index in [9.17, 15) is 18.4 Å². The summed E-state index contributed by atoms with van der Waals surface area (Å²) in [6.07, 6.45) is 2.97. The van der Waals surface area contributed by atoms with Crippen LogP contribution in [0.15, 0.2) is 65.2 Å². The van der Waals surface area contributed by atoms with Crippen molar-refractivity contribution in [2.75, 3.05) is 19.6 Å². The van der Waals surface area contributed by atoms with E-state index in [-0.39, 0.29) is 59.0 Å². The molecule has 2 amide bonds. The number of rotatable bonds is 12. The Hall–Kier alpha value is -3.99. The van der Waals surface area contributed by atoms with Gasteiger partial charge in [0.05, 0.1) is 22.9 Å². The molecule has 1 aliphatic carbocycles. The Bertz CT molecular complexity index is 1780. The molecule has 1 aliphatic heterocycles. The molecule has 2 aliphatic rings. The zero-order chi connectivity index (χ0) is 33.8. The zero-order valence-corrected chi connectivity index (χ0v) is 27.9. The number of halogens is 4. The van der Waals surface area contributed by atoms with Crippen LogP contribution in [-0.2, 0) is 29.2 Å². The number of carbonyl (C=O) groups excluding carboxylic acids is 2. The highest BCUT2D eigenvalue weighted by atomic mass is 35.5. The predicted molar refractivity (Wildman–Crippen MR) is 179 cm³/mol. The third-order valence-electron chi connectivity index (χ3n) is 8.81. The van der Waals surface area contributed by atoms with Gasteiger partial charge in [-0.2, -0.15) is 0 Å². The van der Waals surface area contributed by atoms with E-state index in [2.05, 4.69) is 15.8 Å². The van der Waals surface area contributed by atoms with Crippen LogP contribution in [0.3, 0.4) is 0 Å². The molecular formula is C36H36Cl2F2N4O4. The second-order valence-electron chi connectivity index (χ2n) is 12.2. The Morgan fingerprint density at radius 3 is 2.56 bits per heavy atom. The molecule has 1 saturated heterocycles. The van der Waals surface area contributed by atoms with Crippen LogP contribution in [-0.4, -0.2) is 47.5 Å². The van der Waals surface area contributed by atoms with Crippen molar-refractivity contribution in [1.29, 1.82) is 0 Å². The minimum atomic E-state index is -0.754. The van der Waals surface area contributed by atoms with Gasteiger partial charge in [-0.15, -0.1) is 0 Å². The van der Waals surface area contributed by atoms with Crippen LogP contribution in [0.1, 0.15) is 54.6 Å². The van der Waals surface area contributed by atoms with Crippen LogP contribution < -0.4 is 15.4 Å². The van der Waals surface area contributed by atoms with E-state index in [1.54, 1.807) is 6.07 Å². The number of ether oxygens (including phenoxy) is 1. The smallest absolute Gasteiger partial charge is 0.228 e. The largest absolute Gasteiger partial charge is 0.486 e. The predicted octanol–water partition coefficient (Wildman–Crippen LogP) is 7.07. The molecule has 1 aromatic heterocycles. The summed E-state index contributed by atoms with van der Waals surface area (Å²) >= 11 is 12.6. The molecular weight excluding hydrogens is 661 g/mol. The monoisotopic (exact) mass is 696 g/mol. The third-order valence-corrected chi connectivity index (χ3v) is 9.55. The molecule has 6 rings (SSSR count). The Morgan fingerprint density at radius 2 is 1.81 bits per heavy atom. The number of benzene rings is 3. The summed E-state index contributed by atoms with van der Waals surface area (Å²) in [6.45, 7) is 4.22. The van der Waals surface area contributed by atoms with Gasteiger partial charge in [0, 0.05) is 36.8 Å². The summed E-state index contributed by atoms with van der Waals surface area (Å²) in [4.78, 5) is 28.4. The molecule has 2 heterocycles. The molecule has 0 spiro atoms. The van der Waals surface area contributed by atoms with Crippen LogP contribution in [0, 0.1) is 17.6 Å². The molecule has 2 fully saturated rings. The number of likely N-dealkylation sites (N-methyl/N-ethyl adjacent to an activating group) is 1. The first-order valence-electron chi connectivity index (χ1n) is 16.1. The van der Waals surface area contributed by atoms with Gasteiger partial charge in [0.1, 0.15) is 29.7 Å². The van der Waals surface area contributed by atoms with Gasteiger partial charge in [0.15, 0.2) is 5.76 Å². The molecule has 2 atom stereocenters. The normalized spacial score (nSPS) is 17.6. The van der Waals surface area contributed by atoms with Gasteiger partial charge < -0.3 is 24.8 Å². The van der Waals surface area contributed by atoms with Crippen molar-refractivity contribution in [3.05, 3.63) is 105 Å². The molecule has 8 nitrogen and oxygen atoms in total. The van der Waals surface area contributed by atoms with Crippen LogP contribution in [0.25, 0.3) is 11.3 Å². The maximum atomic E-state index is 14.3. The third kappa shape index (κ3) is 7.83. The molecule has 3 aromatic carbocycles. The highest BCUT2D eigenvalue weighted by molar-refractivity contribution is 6.33. The Labute approximate surface area is 287 Å². The van der Waals surface area contributed by atoms with E-state index in [1.165, 1.54) is 6.07 Å². The summed E-state index contributed by atoms with van der Waals surface area (Å²) < 4.78 is 39.4. The first-order chi connectivity index (χ1) is 23.2. The van der Waals surface area contributed by atoms with Gasteiger partial charge in [-0.05, 0) is 85.7 Å². The number of nitrogens with zero attached hydrogens (tertiary/aromatic N) is 2. The van der Waals surface area contributed by atoms with Crippen molar-refractivity contribution >= 4 is 35.0 Å². The summed E-state index contributed by atoms with van der Waals surface area (Å²) in [7, 11) is 0. The van der Waals surface area contributed by atoms with Crippen molar-refractivity contribution in [2.24, 2.45) is 5.92 Å². The molecule has 2 N–H and O–H groups in total. The average molecular weight is 698 g/mol. The van der Waals surface area contributed by atoms with E-state index < -0.39 is 11.6 Å². The summed E-state index contributed by atoms with van der Waals surface area (Å²) in [5.74, 6) is -0.782. The molecule has 0 radical (unpaired) electrons. The van der Waals surface area contributed by atoms with E-state index in [0.29, 0.717) is 36.2 Å². The number of carbonyl (C=O) groups is 2. The Morgan fingerprint density at radius 1 is 1.04 bits per heavy atom. The fourth-order valence-corrected chi connectivity index (χ4v) is 6.64. The van der Waals surface area contributed by atoms with E-state index in [0.717, 1.165) is 54.6 Å².